The van der Waals surface area contributed by atoms with Crippen molar-refractivity contribution in [2.45, 2.75) is 78.1 Å². The topological polar surface area (TPSA) is 74.8 Å². The van der Waals surface area contributed by atoms with Crippen molar-refractivity contribution in [2.75, 3.05) is 13.1 Å². The van der Waals surface area contributed by atoms with Gasteiger partial charge >= 0.3 is 0 Å². The lowest BCUT2D eigenvalue weighted by Crippen LogP contribution is -2.40. The van der Waals surface area contributed by atoms with Crippen molar-refractivity contribution >= 4 is 45.2 Å². The molecule has 8 rings (SSSR count). The van der Waals surface area contributed by atoms with Crippen molar-refractivity contribution < 1.29 is 19.2 Å². The first-order valence-corrected chi connectivity index (χ1v) is 20.5. The highest BCUT2D eigenvalue weighted by Gasteiger charge is 2.34. The zero-order valence-electron chi connectivity index (χ0n) is 32.4. The third-order valence-electron chi connectivity index (χ3n) is 11.7. The maximum Gasteiger partial charge on any atom is 0.261 e. The van der Waals surface area contributed by atoms with Crippen LogP contribution in [0.5, 0.6) is 0 Å². The number of nitrogens with zero attached hydrogens (tertiary/aromatic N) is 2. The quantitative estimate of drug-likeness (QED) is 0.0776. The van der Waals surface area contributed by atoms with Gasteiger partial charge in [-0.25, -0.2) is 0 Å². The predicted octanol–water partition coefficient (Wildman–Crippen LogP) is 12.1. The lowest BCUT2D eigenvalue weighted by molar-refractivity contribution is 0.0592. The van der Waals surface area contributed by atoms with Gasteiger partial charge < -0.3 is 0 Å². The van der Waals surface area contributed by atoms with E-state index < -0.39 is 0 Å². The van der Waals surface area contributed by atoms with Gasteiger partial charge in [-0.3, -0.25) is 29.0 Å². The zero-order chi connectivity index (χ0) is 38.8. The molecule has 6 aromatic rings. The molecule has 0 saturated heterocycles. The van der Waals surface area contributed by atoms with Crippen LogP contribution in [0.15, 0.2) is 109 Å². The van der Waals surface area contributed by atoms with Crippen LogP contribution in [-0.2, 0) is 0 Å². The van der Waals surface area contributed by atoms with E-state index in [4.69, 9.17) is 0 Å². The van der Waals surface area contributed by atoms with E-state index in [1.165, 1.54) is 22.6 Å². The molecule has 0 saturated carbocycles. The normalized spacial score (nSPS) is 13.8. The minimum absolute atomic E-state index is 0.204. The molecule has 0 bridgehead atoms. The molecule has 6 nitrogen and oxygen atoms in total. The average Bonchev–Trinajstić information content (AvgIpc) is 3.23. The standard InChI is InChI=1S/C50H48N2O4/c1-3-5-7-9-11-31-51-47(53)41-17-13-15-39-37(27-29-43(45(39)41)49(51)55)35-23-19-33(20-24-35)34-21-25-36(26-22-34)38-28-30-44-46-40(38)16-14-18-42(46)48(54)52(50(44)56)32-12-10-8-6-4-2/h13-30H,3-12,31-32H2,1-2H3. The third-order valence-corrected chi connectivity index (χ3v) is 11.7. The van der Waals surface area contributed by atoms with Gasteiger partial charge in [-0.15, -0.1) is 0 Å². The molecule has 0 spiro atoms. The number of imide groups is 2. The molecule has 0 atom stereocenters. The number of hydrogen-bond acceptors (Lipinski definition) is 4. The molecule has 6 aromatic carbocycles. The summed E-state index contributed by atoms with van der Waals surface area (Å²) in [6, 6.07) is 36.1. The Balaban J connectivity index is 1.02. The van der Waals surface area contributed by atoms with E-state index in [0.29, 0.717) is 35.3 Å². The van der Waals surface area contributed by atoms with Crippen LogP contribution in [0, 0.1) is 0 Å². The Morgan fingerprint density at radius 3 is 1.04 bits per heavy atom. The fourth-order valence-corrected chi connectivity index (χ4v) is 8.63. The number of carbonyl (C=O) groups is 4. The molecule has 0 N–H and O–H groups in total. The summed E-state index contributed by atoms with van der Waals surface area (Å²) in [5.74, 6) is -0.818. The van der Waals surface area contributed by atoms with Crippen LogP contribution in [0.2, 0.25) is 0 Å². The number of carbonyl (C=O) groups excluding carboxylic acids is 4. The maximum atomic E-state index is 13.6. The van der Waals surface area contributed by atoms with Gasteiger partial charge in [0, 0.05) is 46.1 Å². The van der Waals surface area contributed by atoms with E-state index in [-0.39, 0.29) is 23.6 Å². The minimum Gasteiger partial charge on any atom is -0.274 e. The molecule has 0 aromatic heterocycles. The van der Waals surface area contributed by atoms with Crippen molar-refractivity contribution in [2.24, 2.45) is 0 Å². The van der Waals surface area contributed by atoms with Gasteiger partial charge in [-0.2, -0.15) is 0 Å². The minimum atomic E-state index is -0.204. The SMILES string of the molecule is CCCCCCCN1C(=O)c2cccc3c(-c4ccc(-c5ccc(-c6ccc7c8c(cccc68)C(=O)N(CCCCCCC)C7=O)cc5)cc4)ccc(c23)C1=O. The highest BCUT2D eigenvalue weighted by molar-refractivity contribution is 6.28. The largest absolute Gasteiger partial charge is 0.274 e. The van der Waals surface area contributed by atoms with Crippen molar-refractivity contribution in [1.29, 1.82) is 0 Å². The van der Waals surface area contributed by atoms with Crippen LogP contribution in [0.25, 0.3) is 54.9 Å². The molecule has 4 amide bonds. The highest BCUT2D eigenvalue weighted by atomic mass is 16.2. The van der Waals surface area contributed by atoms with Gasteiger partial charge in [0.25, 0.3) is 23.6 Å². The Bertz CT molecular complexity index is 2260. The highest BCUT2D eigenvalue weighted by Crippen LogP contribution is 2.39. The Labute approximate surface area is 329 Å². The van der Waals surface area contributed by atoms with Gasteiger partial charge in [0.05, 0.1) is 0 Å². The van der Waals surface area contributed by atoms with Crippen LogP contribution >= 0.6 is 0 Å². The summed E-state index contributed by atoms with van der Waals surface area (Å²) < 4.78 is 0. The van der Waals surface area contributed by atoms with E-state index >= 15 is 0 Å². The number of hydrogen-bond donors (Lipinski definition) is 0. The molecule has 0 radical (unpaired) electrons. The Morgan fingerprint density at radius 1 is 0.339 bits per heavy atom. The summed E-state index contributed by atoms with van der Waals surface area (Å²) in [7, 11) is 0. The monoisotopic (exact) mass is 740 g/mol. The average molecular weight is 741 g/mol. The van der Waals surface area contributed by atoms with Crippen molar-refractivity contribution in [3.63, 3.8) is 0 Å². The Kier molecular flexibility index (Phi) is 10.6. The molecule has 282 valence electrons. The zero-order valence-corrected chi connectivity index (χ0v) is 32.4. The molecule has 2 aliphatic rings. The molecule has 6 heteroatoms. The first-order chi connectivity index (χ1) is 27.4. The lowest BCUT2D eigenvalue weighted by Gasteiger charge is -2.28. The third kappa shape index (κ3) is 6.72. The second kappa shape index (κ2) is 16.1. The summed E-state index contributed by atoms with van der Waals surface area (Å²) in [6.07, 6.45) is 10.5. The Hall–Kier alpha value is -5.88. The molecular formula is C50H48N2O4. The molecule has 2 aliphatic heterocycles. The van der Waals surface area contributed by atoms with Crippen LogP contribution in [0.4, 0.5) is 0 Å². The smallest absolute Gasteiger partial charge is 0.261 e. The van der Waals surface area contributed by atoms with Crippen molar-refractivity contribution in [3.05, 3.63) is 131 Å². The number of amides is 4. The van der Waals surface area contributed by atoms with Gasteiger partial charge in [0.15, 0.2) is 0 Å². The fraction of sp³-hybridized carbons (Fsp3) is 0.280. The van der Waals surface area contributed by atoms with Gasteiger partial charge in [-0.05, 0) is 81.3 Å². The van der Waals surface area contributed by atoms with E-state index in [9.17, 15) is 19.2 Å². The van der Waals surface area contributed by atoms with E-state index in [0.717, 1.165) is 106 Å². The second-order valence-electron chi connectivity index (χ2n) is 15.3. The summed E-state index contributed by atoms with van der Waals surface area (Å²) in [5.41, 5.74) is 8.47. The number of unbranched alkanes of at least 4 members (excludes halogenated alkanes) is 8. The molecular weight excluding hydrogens is 693 g/mol. The molecule has 56 heavy (non-hydrogen) atoms. The summed E-state index contributed by atoms with van der Waals surface area (Å²) in [5, 5.41) is 3.29. The molecule has 0 fully saturated rings. The van der Waals surface area contributed by atoms with Crippen LogP contribution in [-0.4, -0.2) is 46.5 Å². The van der Waals surface area contributed by atoms with Crippen LogP contribution in [0.3, 0.4) is 0 Å². The van der Waals surface area contributed by atoms with Gasteiger partial charge in [0.1, 0.15) is 0 Å². The fourth-order valence-electron chi connectivity index (χ4n) is 8.63. The van der Waals surface area contributed by atoms with E-state index in [1.54, 1.807) is 0 Å². The van der Waals surface area contributed by atoms with Crippen LogP contribution in [0.1, 0.15) is 119 Å². The number of rotatable bonds is 15. The lowest BCUT2D eigenvalue weighted by atomic mass is 9.88. The van der Waals surface area contributed by atoms with E-state index in [2.05, 4.69) is 62.4 Å². The van der Waals surface area contributed by atoms with Crippen molar-refractivity contribution in [3.8, 4) is 33.4 Å². The van der Waals surface area contributed by atoms with Crippen molar-refractivity contribution in [1.82, 2.24) is 9.80 Å². The Morgan fingerprint density at radius 2 is 0.661 bits per heavy atom. The maximum absolute atomic E-state index is 13.6. The summed E-state index contributed by atoms with van der Waals surface area (Å²) in [6.45, 7) is 5.25. The van der Waals surface area contributed by atoms with E-state index in [1.807, 2.05) is 60.7 Å². The molecule has 0 unspecified atom stereocenters. The molecule has 0 aliphatic carbocycles. The first kappa shape index (κ1) is 37.1. The molecule has 2 heterocycles. The first-order valence-electron chi connectivity index (χ1n) is 20.5. The predicted molar refractivity (Wildman–Crippen MR) is 226 cm³/mol. The van der Waals surface area contributed by atoms with Gasteiger partial charge in [0.2, 0.25) is 0 Å². The second-order valence-corrected chi connectivity index (χ2v) is 15.3. The summed E-state index contributed by atoms with van der Waals surface area (Å²) in [4.78, 5) is 57.2. The van der Waals surface area contributed by atoms with Crippen LogP contribution < -0.4 is 0 Å². The number of benzene rings is 6. The summed E-state index contributed by atoms with van der Waals surface area (Å²) >= 11 is 0. The van der Waals surface area contributed by atoms with Gasteiger partial charge in [-0.1, -0.05) is 150 Å².